The smallest absolute Gasteiger partial charge is 0.345 e. The molecule has 3 aromatic carbocycles. The molecule has 0 aliphatic carbocycles. The van der Waals surface area contributed by atoms with Gasteiger partial charge in [0, 0.05) is 5.56 Å². The van der Waals surface area contributed by atoms with E-state index in [0.717, 1.165) is 5.56 Å². The lowest BCUT2D eigenvalue weighted by atomic mass is 10.1. The first-order valence-electron chi connectivity index (χ1n) is 9.31. The maximum Gasteiger partial charge on any atom is 0.345 e. The number of halogens is 1. The van der Waals surface area contributed by atoms with E-state index in [-0.39, 0.29) is 17.1 Å². The van der Waals surface area contributed by atoms with Gasteiger partial charge < -0.3 is 9.47 Å². The molecule has 1 heterocycles. The van der Waals surface area contributed by atoms with Gasteiger partial charge in [-0.3, -0.25) is 4.79 Å². The highest BCUT2D eigenvalue weighted by Crippen LogP contribution is 2.39. The van der Waals surface area contributed by atoms with E-state index in [2.05, 4.69) is 0 Å². The average molecular weight is 417 g/mol. The van der Waals surface area contributed by atoms with Gasteiger partial charge in [-0.05, 0) is 42.8 Å². The van der Waals surface area contributed by atoms with Gasteiger partial charge in [0.2, 0.25) is 5.78 Å². The standard InChI is InChI=1S/C25H17ClO4/c1-16-21(30-25(28)18-11-5-6-12-20(18)26)15-14-19-23(27)22(29-24(16)19)13-7-10-17-8-3-2-4-9-17/h2-15H,1H3/b10-7+,22-13-. The van der Waals surface area contributed by atoms with Crippen LogP contribution in [-0.2, 0) is 0 Å². The van der Waals surface area contributed by atoms with Gasteiger partial charge in [-0.25, -0.2) is 4.79 Å². The molecule has 1 aliphatic heterocycles. The summed E-state index contributed by atoms with van der Waals surface area (Å²) in [6.45, 7) is 1.74. The van der Waals surface area contributed by atoms with Gasteiger partial charge in [0.25, 0.3) is 0 Å². The van der Waals surface area contributed by atoms with Crippen LogP contribution in [0.4, 0.5) is 0 Å². The summed E-state index contributed by atoms with van der Waals surface area (Å²) >= 11 is 6.07. The second kappa shape index (κ2) is 8.39. The van der Waals surface area contributed by atoms with Crippen LogP contribution in [0.5, 0.6) is 11.5 Å². The van der Waals surface area contributed by atoms with Gasteiger partial charge in [-0.1, -0.05) is 66.2 Å². The SMILES string of the molecule is Cc1c(OC(=O)c2ccccc2Cl)ccc2c1O/C(=C\C=C\c1ccccc1)C2=O. The first kappa shape index (κ1) is 19.7. The number of hydrogen-bond donors (Lipinski definition) is 0. The molecule has 4 nitrogen and oxygen atoms in total. The Bertz CT molecular complexity index is 1190. The number of fused-ring (bicyclic) bond motifs is 1. The predicted molar refractivity (Wildman–Crippen MR) is 116 cm³/mol. The van der Waals surface area contributed by atoms with Crippen LogP contribution in [0.3, 0.4) is 0 Å². The first-order valence-corrected chi connectivity index (χ1v) is 9.68. The molecule has 1 aliphatic rings. The molecule has 0 radical (unpaired) electrons. The number of esters is 1. The number of hydrogen-bond acceptors (Lipinski definition) is 4. The molecule has 0 unspecified atom stereocenters. The van der Waals surface area contributed by atoms with E-state index >= 15 is 0 Å². The Morgan fingerprint density at radius 2 is 1.73 bits per heavy atom. The minimum Gasteiger partial charge on any atom is -0.452 e. The number of benzene rings is 3. The molecule has 5 heteroatoms. The number of Topliss-reactive ketones (excluding diaryl/α,β-unsaturated/α-hetero) is 1. The zero-order valence-corrected chi connectivity index (χ0v) is 16.8. The van der Waals surface area contributed by atoms with Crippen molar-refractivity contribution in [2.75, 3.05) is 0 Å². The quantitative estimate of drug-likeness (QED) is 0.295. The van der Waals surface area contributed by atoms with Crippen LogP contribution in [-0.4, -0.2) is 11.8 Å². The molecule has 0 aromatic heterocycles. The molecular formula is C25H17ClO4. The third-order valence-corrected chi connectivity index (χ3v) is 5.00. The van der Waals surface area contributed by atoms with Crippen molar-refractivity contribution >= 4 is 29.4 Å². The van der Waals surface area contributed by atoms with Crippen molar-refractivity contribution in [2.45, 2.75) is 6.92 Å². The molecule has 30 heavy (non-hydrogen) atoms. The summed E-state index contributed by atoms with van der Waals surface area (Å²) in [7, 11) is 0. The molecule has 4 rings (SSSR count). The summed E-state index contributed by atoms with van der Waals surface area (Å²) in [5.41, 5.74) is 2.28. The topological polar surface area (TPSA) is 52.6 Å². The number of ether oxygens (including phenoxy) is 2. The lowest BCUT2D eigenvalue weighted by Crippen LogP contribution is -2.10. The summed E-state index contributed by atoms with van der Waals surface area (Å²) in [5.74, 6) is 0.135. The maximum absolute atomic E-state index is 12.6. The molecule has 0 fully saturated rings. The molecule has 0 amide bonds. The summed E-state index contributed by atoms with van der Waals surface area (Å²) in [6, 6.07) is 19.6. The summed E-state index contributed by atoms with van der Waals surface area (Å²) < 4.78 is 11.3. The Labute approximate surface area is 179 Å². The van der Waals surface area contributed by atoms with Crippen molar-refractivity contribution < 1.29 is 19.1 Å². The van der Waals surface area contributed by atoms with E-state index in [1.165, 1.54) is 0 Å². The van der Waals surface area contributed by atoms with Crippen LogP contribution >= 0.6 is 11.6 Å². The van der Waals surface area contributed by atoms with E-state index in [1.807, 2.05) is 36.4 Å². The van der Waals surface area contributed by atoms with E-state index in [4.69, 9.17) is 21.1 Å². The van der Waals surface area contributed by atoms with Gasteiger partial charge in [-0.2, -0.15) is 0 Å². The van der Waals surface area contributed by atoms with Gasteiger partial charge in [-0.15, -0.1) is 0 Å². The highest BCUT2D eigenvalue weighted by Gasteiger charge is 2.30. The fraction of sp³-hybridized carbons (Fsp3) is 0.0400. The van der Waals surface area contributed by atoms with E-state index in [1.54, 1.807) is 55.5 Å². The number of carbonyl (C=O) groups is 2. The molecule has 0 N–H and O–H groups in total. The lowest BCUT2D eigenvalue weighted by Gasteiger charge is -2.10. The highest BCUT2D eigenvalue weighted by molar-refractivity contribution is 6.33. The Hall–Kier alpha value is -3.63. The zero-order chi connectivity index (χ0) is 21.1. The van der Waals surface area contributed by atoms with E-state index < -0.39 is 5.97 Å². The molecule has 0 saturated heterocycles. The third-order valence-electron chi connectivity index (χ3n) is 4.67. The maximum atomic E-state index is 12.6. The Balaban J connectivity index is 1.56. The van der Waals surface area contributed by atoms with Crippen molar-refractivity contribution in [3.05, 3.63) is 112 Å². The Kier molecular flexibility index (Phi) is 5.50. The summed E-state index contributed by atoms with van der Waals surface area (Å²) in [5, 5.41) is 0.308. The zero-order valence-electron chi connectivity index (χ0n) is 16.1. The van der Waals surface area contributed by atoms with Crippen molar-refractivity contribution in [3.8, 4) is 11.5 Å². The largest absolute Gasteiger partial charge is 0.452 e. The van der Waals surface area contributed by atoms with Gasteiger partial charge in [0.1, 0.15) is 11.5 Å². The summed E-state index contributed by atoms with van der Waals surface area (Å²) in [4.78, 5) is 25.1. The normalized spacial score (nSPS) is 14.1. The monoisotopic (exact) mass is 416 g/mol. The molecule has 148 valence electrons. The van der Waals surface area contributed by atoms with Gasteiger partial charge in [0.15, 0.2) is 5.76 Å². The highest BCUT2D eigenvalue weighted by atomic mass is 35.5. The van der Waals surface area contributed by atoms with Crippen LogP contribution < -0.4 is 9.47 Å². The van der Waals surface area contributed by atoms with Crippen molar-refractivity contribution in [1.82, 2.24) is 0 Å². The fourth-order valence-electron chi connectivity index (χ4n) is 3.09. The van der Waals surface area contributed by atoms with Crippen LogP contribution in [0.15, 0.2) is 84.6 Å². The van der Waals surface area contributed by atoms with Gasteiger partial charge in [0.05, 0.1) is 16.1 Å². The fourth-order valence-corrected chi connectivity index (χ4v) is 3.30. The average Bonchev–Trinajstić information content (AvgIpc) is 3.07. The first-order chi connectivity index (χ1) is 14.5. The lowest BCUT2D eigenvalue weighted by molar-refractivity contribution is 0.0733. The predicted octanol–water partition coefficient (Wildman–Crippen LogP) is 6.04. The van der Waals surface area contributed by atoms with Crippen LogP contribution in [0, 0.1) is 6.92 Å². The second-order valence-corrected chi connectivity index (χ2v) is 7.07. The molecule has 0 bridgehead atoms. The van der Waals surface area contributed by atoms with Crippen LogP contribution in [0.25, 0.3) is 6.08 Å². The number of carbonyl (C=O) groups excluding carboxylic acids is 2. The molecule has 3 aromatic rings. The van der Waals surface area contributed by atoms with E-state index in [0.29, 0.717) is 27.6 Å². The number of rotatable bonds is 4. The number of ketones is 1. The Morgan fingerprint density at radius 3 is 2.50 bits per heavy atom. The van der Waals surface area contributed by atoms with Crippen molar-refractivity contribution in [1.29, 1.82) is 0 Å². The van der Waals surface area contributed by atoms with Crippen molar-refractivity contribution in [3.63, 3.8) is 0 Å². The molecule has 0 saturated carbocycles. The van der Waals surface area contributed by atoms with Crippen molar-refractivity contribution in [2.24, 2.45) is 0 Å². The summed E-state index contributed by atoms with van der Waals surface area (Å²) in [6.07, 6.45) is 5.28. The van der Waals surface area contributed by atoms with Gasteiger partial charge >= 0.3 is 5.97 Å². The second-order valence-electron chi connectivity index (χ2n) is 6.67. The van der Waals surface area contributed by atoms with Crippen LogP contribution in [0.2, 0.25) is 5.02 Å². The molecule has 0 atom stereocenters. The third kappa shape index (κ3) is 3.91. The minimum absolute atomic E-state index is 0.213. The molecular weight excluding hydrogens is 400 g/mol. The molecule has 0 spiro atoms. The minimum atomic E-state index is -0.575. The van der Waals surface area contributed by atoms with E-state index in [9.17, 15) is 9.59 Å². The number of allylic oxidation sites excluding steroid dienone is 3. The Morgan fingerprint density at radius 1 is 1.00 bits per heavy atom. The van der Waals surface area contributed by atoms with Crippen LogP contribution in [0.1, 0.15) is 31.8 Å².